The Hall–Kier alpha value is -2.58. The fraction of sp³-hybridized carbons (Fsp3) is 0.0625. The normalized spacial score (nSPS) is 11.4. The molecule has 0 unspecified atom stereocenters. The van der Waals surface area contributed by atoms with Gasteiger partial charge in [-0.15, -0.1) is 0 Å². The molecule has 0 fully saturated rings. The Morgan fingerprint density at radius 3 is 2.60 bits per heavy atom. The summed E-state index contributed by atoms with van der Waals surface area (Å²) < 4.78 is 30.3. The molecule has 0 saturated heterocycles. The molecule has 0 bridgehead atoms. The molecule has 0 aliphatic heterocycles. The lowest BCUT2D eigenvalue weighted by Crippen LogP contribution is -2.01. The van der Waals surface area contributed by atoms with E-state index in [-0.39, 0.29) is 5.75 Å². The van der Waals surface area contributed by atoms with Crippen LogP contribution >= 0.6 is 23.8 Å². The molecule has 0 aliphatic carbocycles. The third-order valence-corrected chi connectivity index (χ3v) is 3.79. The van der Waals surface area contributed by atoms with Gasteiger partial charge in [-0.1, -0.05) is 23.7 Å². The minimum Gasteiger partial charge on any atom is -0.435 e. The number of nitrogens with one attached hydrogen (secondary N) is 1. The lowest BCUT2D eigenvalue weighted by Gasteiger charge is -2.04. The maximum absolute atomic E-state index is 12.2. The van der Waals surface area contributed by atoms with Gasteiger partial charge in [0.25, 0.3) is 0 Å². The first kappa shape index (κ1) is 17.2. The van der Waals surface area contributed by atoms with Gasteiger partial charge in [0.2, 0.25) is 4.77 Å². The molecular weight excluding hydrogens is 370 g/mol. The van der Waals surface area contributed by atoms with Crippen LogP contribution in [0.2, 0.25) is 5.02 Å². The molecular formula is C16H11ClF2N4OS. The average molecular weight is 381 g/mol. The van der Waals surface area contributed by atoms with E-state index in [1.165, 1.54) is 23.0 Å². The molecule has 0 atom stereocenters. The van der Waals surface area contributed by atoms with Crippen molar-refractivity contribution in [3.8, 4) is 17.1 Å². The smallest absolute Gasteiger partial charge is 0.387 e. The molecule has 1 heterocycles. The van der Waals surface area contributed by atoms with E-state index in [4.69, 9.17) is 23.8 Å². The molecule has 25 heavy (non-hydrogen) atoms. The Morgan fingerprint density at radius 1 is 1.20 bits per heavy atom. The van der Waals surface area contributed by atoms with E-state index in [0.717, 1.165) is 0 Å². The highest BCUT2D eigenvalue weighted by molar-refractivity contribution is 7.71. The summed E-state index contributed by atoms with van der Waals surface area (Å²) in [5, 5.41) is 11.6. The minimum atomic E-state index is -2.86. The molecule has 2 aromatic carbocycles. The van der Waals surface area contributed by atoms with Gasteiger partial charge in [-0.2, -0.15) is 23.7 Å². The summed E-state index contributed by atoms with van der Waals surface area (Å²) in [6.45, 7) is -2.86. The number of H-pyrrole nitrogens is 1. The number of aromatic nitrogens is 3. The van der Waals surface area contributed by atoms with Gasteiger partial charge < -0.3 is 4.74 Å². The van der Waals surface area contributed by atoms with Crippen LogP contribution in [-0.2, 0) is 0 Å². The quantitative estimate of drug-likeness (QED) is 0.513. The lowest BCUT2D eigenvalue weighted by atomic mass is 10.2. The standard InChI is InChI=1S/C16H11ClF2N4OS/c17-13-4-2-1-3-12(13)14-21-22-16(25)23(14)20-9-10-5-7-11(8-6-10)24-15(18)19/h1-9,15H,(H,22,25)/b20-9-. The van der Waals surface area contributed by atoms with Crippen molar-refractivity contribution < 1.29 is 13.5 Å². The highest BCUT2D eigenvalue weighted by Gasteiger charge is 2.11. The largest absolute Gasteiger partial charge is 0.435 e. The van der Waals surface area contributed by atoms with Crippen LogP contribution in [0, 0.1) is 4.77 Å². The first-order valence-corrected chi connectivity index (χ1v) is 7.85. The van der Waals surface area contributed by atoms with Crippen molar-refractivity contribution in [3.05, 3.63) is 63.9 Å². The van der Waals surface area contributed by atoms with E-state index in [2.05, 4.69) is 20.0 Å². The van der Waals surface area contributed by atoms with Gasteiger partial charge >= 0.3 is 6.61 Å². The predicted molar refractivity (Wildman–Crippen MR) is 93.9 cm³/mol. The molecule has 0 aliphatic rings. The second-order valence-electron chi connectivity index (χ2n) is 4.84. The van der Waals surface area contributed by atoms with Crippen molar-refractivity contribution in [2.24, 2.45) is 5.10 Å². The van der Waals surface area contributed by atoms with Gasteiger partial charge in [-0.05, 0) is 54.2 Å². The van der Waals surface area contributed by atoms with Crippen molar-refractivity contribution in [2.75, 3.05) is 0 Å². The number of rotatable bonds is 5. The first-order valence-electron chi connectivity index (χ1n) is 7.06. The summed E-state index contributed by atoms with van der Waals surface area (Å²) in [6.07, 6.45) is 1.53. The topological polar surface area (TPSA) is 55.2 Å². The summed E-state index contributed by atoms with van der Waals surface area (Å²) in [5.74, 6) is 0.535. The number of alkyl halides is 2. The minimum absolute atomic E-state index is 0.0730. The number of aromatic amines is 1. The molecule has 1 aromatic heterocycles. The number of nitrogens with zero attached hydrogens (tertiary/aromatic N) is 3. The maximum atomic E-state index is 12.2. The van der Waals surface area contributed by atoms with Crippen molar-refractivity contribution in [2.45, 2.75) is 6.61 Å². The van der Waals surface area contributed by atoms with Crippen molar-refractivity contribution in [1.29, 1.82) is 0 Å². The second-order valence-corrected chi connectivity index (χ2v) is 5.63. The Kier molecular flexibility index (Phi) is 5.20. The second kappa shape index (κ2) is 7.54. The molecule has 5 nitrogen and oxygen atoms in total. The van der Waals surface area contributed by atoms with E-state index in [9.17, 15) is 8.78 Å². The molecule has 0 amide bonds. The SMILES string of the molecule is FC(F)Oc1ccc(/C=N\n2c(-c3ccccc3Cl)n[nH]c2=S)cc1. The van der Waals surface area contributed by atoms with Gasteiger partial charge in [0, 0.05) is 5.56 Å². The summed E-state index contributed by atoms with van der Waals surface area (Å²) in [5.41, 5.74) is 1.35. The van der Waals surface area contributed by atoms with E-state index >= 15 is 0 Å². The number of hydrogen-bond donors (Lipinski definition) is 1. The molecule has 9 heteroatoms. The average Bonchev–Trinajstić information content (AvgIpc) is 2.95. The van der Waals surface area contributed by atoms with Crippen LogP contribution in [-0.4, -0.2) is 27.7 Å². The van der Waals surface area contributed by atoms with Crippen LogP contribution in [0.5, 0.6) is 5.75 Å². The van der Waals surface area contributed by atoms with Gasteiger partial charge in [-0.3, -0.25) is 0 Å². The van der Waals surface area contributed by atoms with Crippen LogP contribution < -0.4 is 4.74 Å². The van der Waals surface area contributed by atoms with Crippen LogP contribution in [0.15, 0.2) is 53.6 Å². The van der Waals surface area contributed by atoms with E-state index in [0.29, 0.717) is 26.7 Å². The monoisotopic (exact) mass is 380 g/mol. The highest BCUT2D eigenvalue weighted by atomic mass is 35.5. The third kappa shape index (κ3) is 4.09. The number of hydrogen-bond acceptors (Lipinski definition) is 4. The first-order chi connectivity index (χ1) is 12.0. The zero-order valence-electron chi connectivity index (χ0n) is 12.6. The molecule has 3 aromatic rings. The number of ether oxygens (including phenoxy) is 1. The van der Waals surface area contributed by atoms with Crippen LogP contribution in [0.3, 0.4) is 0 Å². The zero-order valence-corrected chi connectivity index (χ0v) is 14.1. The fourth-order valence-corrected chi connectivity index (χ4v) is 2.47. The zero-order chi connectivity index (χ0) is 17.8. The Bertz CT molecular complexity index is 953. The van der Waals surface area contributed by atoms with E-state index < -0.39 is 6.61 Å². The Morgan fingerprint density at radius 2 is 1.92 bits per heavy atom. The maximum Gasteiger partial charge on any atom is 0.387 e. The van der Waals surface area contributed by atoms with Gasteiger partial charge in [0.15, 0.2) is 5.82 Å². The Balaban J connectivity index is 1.89. The summed E-state index contributed by atoms with van der Waals surface area (Å²) in [4.78, 5) is 0. The van der Waals surface area contributed by atoms with Gasteiger partial charge in [0.05, 0.1) is 11.2 Å². The van der Waals surface area contributed by atoms with E-state index in [1.807, 2.05) is 12.1 Å². The molecule has 1 N–H and O–H groups in total. The van der Waals surface area contributed by atoms with Gasteiger partial charge in [-0.25, -0.2) is 5.10 Å². The summed E-state index contributed by atoms with van der Waals surface area (Å²) in [7, 11) is 0. The molecule has 0 spiro atoms. The fourth-order valence-electron chi connectivity index (χ4n) is 2.08. The summed E-state index contributed by atoms with van der Waals surface area (Å²) >= 11 is 11.4. The van der Waals surface area contributed by atoms with E-state index in [1.54, 1.807) is 24.3 Å². The molecule has 0 saturated carbocycles. The number of halogens is 3. The highest BCUT2D eigenvalue weighted by Crippen LogP contribution is 2.25. The van der Waals surface area contributed by atoms with Gasteiger partial charge in [0.1, 0.15) is 5.75 Å². The molecule has 3 rings (SSSR count). The van der Waals surface area contributed by atoms with Crippen LogP contribution in [0.25, 0.3) is 11.4 Å². The summed E-state index contributed by atoms with van der Waals surface area (Å²) in [6, 6.07) is 13.2. The molecule has 0 radical (unpaired) electrons. The predicted octanol–water partition coefficient (Wildman–Crippen LogP) is 4.74. The van der Waals surface area contributed by atoms with Crippen LogP contribution in [0.1, 0.15) is 5.56 Å². The van der Waals surface area contributed by atoms with Crippen LogP contribution in [0.4, 0.5) is 8.78 Å². The number of benzene rings is 2. The lowest BCUT2D eigenvalue weighted by molar-refractivity contribution is -0.0498. The van der Waals surface area contributed by atoms with Crippen molar-refractivity contribution >= 4 is 30.0 Å². The molecule has 128 valence electrons. The van der Waals surface area contributed by atoms with Crippen molar-refractivity contribution in [1.82, 2.24) is 14.9 Å². The van der Waals surface area contributed by atoms with Crippen molar-refractivity contribution in [3.63, 3.8) is 0 Å². The third-order valence-electron chi connectivity index (χ3n) is 3.19. The Labute approximate surface area is 151 Å².